The van der Waals surface area contributed by atoms with E-state index >= 15 is 0 Å². The Morgan fingerprint density at radius 2 is 2.05 bits per heavy atom. The van der Waals surface area contributed by atoms with Crippen LogP contribution in [0, 0.1) is 6.92 Å². The van der Waals surface area contributed by atoms with Crippen molar-refractivity contribution in [2.24, 2.45) is 7.05 Å². The molecule has 0 bridgehead atoms. The van der Waals surface area contributed by atoms with Crippen molar-refractivity contribution in [3.63, 3.8) is 0 Å². The van der Waals surface area contributed by atoms with Crippen molar-refractivity contribution in [1.82, 2.24) is 4.57 Å². The number of amides is 1. The molecule has 1 aromatic heterocycles. The maximum absolute atomic E-state index is 12.0. The van der Waals surface area contributed by atoms with Gasteiger partial charge in [-0.2, -0.15) is 0 Å². The summed E-state index contributed by atoms with van der Waals surface area (Å²) in [6.07, 6.45) is 0.444. The molecule has 0 aliphatic carbocycles. The molecule has 2 atom stereocenters. The van der Waals surface area contributed by atoms with Crippen molar-refractivity contribution in [1.29, 1.82) is 0 Å². The molecule has 1 saturated heterocycles. The summed E-state index contributed by atoms with van der Waals surface area (Å²) in [5.74, 6) is -1.56. The predicted octanol–water partition coefficient (Wildman–Crippen LogP) is 0.264. The van der Waals surface area contributed by atoms with Crippen LogP contribution in [0.5, 0.6) is 0 Å². The van der Waals surface area contributed by atoms with Crippen LogP contribution in [0.25, 0.3) is 0 Å². The first kappa shape index (κ1) is 14.3. The van der Waals surface area contributed by atoms with E-state index < -0.39 is 24.1 Å². The molecule has 1 aromatic rings. The van der Waals surface area contributed by atoms with E-state index in [0.717, 1.165) is 0 Å². The number of nitrogens with zero attached hydrogens (tertiary/aromatic N) is 1. The van der Waals surface area contributed by atoms with Crippen molar-refractivity contribution >= 4 is 17.6 Å². The molecule has 0 spiro atoms. The molecule has 7 heteroatoms. The number of anilines is 1. The van der Waals surface area contributed by atoms with Gasteiger partial charge in [0.05, 0.1) is 0 Å². The minimum absolute atomic E-state index is 0.197. The van der Waals surface area contributed by atoms with E-state index in [9.17, 15) is 14.4 Å². The van der Waals surface area contributed by atoms with Gasteiger partial charge in [-0.1, -0.05) is 0 Å². The zero-order valence-corrected chi connectivity index (χ0v) is 11.3. The molecular formula is C13H16N2O5. The third-order valence-electron chi connectivity index (χ3n) is 3.31. The van der Waals surface area contributed by atoms with E-state index in [1.165, 1.54) is 4.57 Å². The van der Waals surface area contributed by atoms with Crippen LogP contribution in [0.4, 0.5) is 5.69 Å². The van der Waals surface area contributed by atoms with Gasteiger partial charge in [0.2, 0.25) is 0 Å². The molecule has 0 aromatic carbocycles. The lowest BCUT2D eigenvalue weighted by atomic mass is 10.2. The summed E-state index contributed by atoms with van der Waals surface area (Å²) in [7, 11) is 1.59. The molecule has 2 N–H and O–H groups in total. The molecule has 20 heavy (non-hydrogen) atoms. The van der Waals surface area contributed by atoms with Gasteiger partial charge in [-0.3, -0.25) is 9.59 Å². The number of hydrogen-bond acceptors (Lipinski definition) is 4. The summed E-state index contributed by atoms with van der Waals surface area (Å²) in [5, 5.41) is 11.3. The lowest BCUT2D eigenvalue weighted by Gasteiger charge is -2.13. The molecule has 1 aliphatic heterocycles. The minimum atomic E-state index is -1.08. The number of carboxylic acid groups (broad SMARTS) is 1. The van der Waals surface area contributed by atoms with Crippen LogP contribution >= 0.6 is 0 Å². The SMILES string of the molecule is Cc1ccn(C)c(=O)c1NC(=O)[C@@H]1CC[C@H](C(=O)O)O1. The molecule has 0 saturated carbocycles. The lowest BCUT2D eigenvalue weighted by Crippen LogP contribution is -2.33. The smallest absolute Gasteiger partial charge is 0.332 e. The van der Waals surface area contributed by atoms with E-state index in [0.29, 0.717) is 18.4 Å². The second-order valence-corrected chi connectivity index (χ2v) is 4.81. The molecule has 0 radical (unpaired) electrons. The largest absolute Gasteiger partial charge is 0.479 e. The first-order chi connectivity index (χ1) is 9.40. The molecular weight excluding hydrogens is 264 g/mol. The van der Waals surface area contributed by atoms with Gasteiger partial charge in [0.1, 0.15) is 11.8 Å². The summed E-state index contributed by atoms with van der Waals surface area (Å²) >= 11 is 0. The molecule has 7 nitrogen and oxygen atoms in total. The van der Waals surface area contributed by atoms with Crippen LogP contribution in [-0.2, 0) is 21.4 Å². The van der Waals surface area contributed by atoms with Crippen LogP contribution in [0.15, 0.2) is 17.1 Å². The number of aliphatic carboxylic acids is 1. The van der Waals surface area contributed by atoms with E-state index in [1.807, 2.05) is 0 Å². The van der Waals surface area contributed by atoms with Gasteiger partial charge in [0.25, 0.3) is 11.5 Å². The Kier molecular flexibility index (Phi) is 3.89. The maximum Gasteiger partial charge on any atom is 0.332 e. The zero-order valence-electron chi connectivity index (χ0n) is 11.3. The van der Waals surface area contributed by atoms with Crippen LogP contribution in [-0.4, -0.2) is 33.8 Å². The Morgan fingerprint density at radius 1 is 1.40 bits per heavy atom. The Balaban J connectivity index is 2.12. The monoisotopic (exact) mass is 280 g/mol. The molecule has 1 aliphatic rings. The number of aryl methyl sites for hydroxylation is 2. The van der Waals surface area contributed by atoms with Crippen LogP contribution in [0.2, 0.25) is 0 Å². The zero-order chi connectivity index (χ0) is 14.9. The van der Waals surface area contributed by atoms with Crippen molar-refractivity contribution in [3.8, 4) is 0 Å². The Morgan fingerprint density at radius 3 is 2.65 bits per heavy atom. The van der Waals surface area contributed by atoms with Gasteiger partial charge in [-0.05, 0) is 31.4 Å². The summed E-state index contributed by atoms with van der Waals surface area (Å²) in [6.45, 7) is 1.71. The summed E-state index contributed by atoms with van der Waals surface area (Å²) in [5.41, 5.74) is 0.530. The second kappa shape index (κ2) is 5.46. The number of rotatable bonds is 3. The highest BCUT2D eigenvalue weighted by Crippen LogP contribution is 2.21. The molecule has 2 rings (SSSR count). The Hall–Kier alpha value is -2.15. The van der Waals surface area contributed by atoms with Gasteiger partial charge < -0.3 is 19.7 Å². The van der Waals surface area contributed by atoms with Crippen LogP contribution in [0.1, 0.15) is 18.4 Å². The molecule has 1 amide bonds. The fourth-order valence-electron chi connectivity index (χ4n) is 2.09. The first-order valence-electron chi connectivity index (χ1n) is 6.25. The lowest BCUT2D eigenvalue weighted by molar-refractivity contribution is -0.150. The van der Waals surface area contributed by atoms with E-state index in [2.05, 4.69) is 5.32 Å². The van der Waals surface area contributed by atoms with Gasteiger partial charge in [0.15, 0.2) is 6.10 Å². The van der Waals surface area contributed by atoms with Gasteiger partial charge in [-0.15, -0.1) is 0 Å². The molecule has 0 unspecified atom stereocenters. The number of pyridine rings is 1. The third kappa shape index (κ3) is 2.72. The fourth-order valence-corrected chi connectivity index (χ4v) is 2.09. The number of nitrogens with one attached hydrogen (secondary N) is 1. The first-order valence-corrected chi connectivity index (χ1v) is 6.25. The van der Waals surface area contributed by atoms with Crippen molar-refractivity contribution < 1.29 is 19.4 Å². The summed E-state index contributed by atoms with van der Waals surface area (Å²) in [6, 6.07) is 1.71. The van der Waals surface area contributed by atoms with Crippen molar-refractivity contribution in [2.75, 3.05) is 5.32 Å². The number of carbonyl (C=O) groups excluding carboxylic acids is 1. The highest BCUT2D eigenvalue weighted by molar-refractivity contribution is 5.95. The van der Waals surface area contributed by atoms with Crippen molar-refractivity contribution in [2.45, 2.75) is 32.0 Å². The Labute approximate surface area is 115 Å². The van der Waals surface area contributed by atoms with Crippen molar-refractivity contribution in [3.05, 3.63) is 28.2 Å². The van der Waals surface area contributed by atoms with Gasteiger partial charge in [-0.25, -0.2) is 4.79 Å². The number of carboxylic acids is 1. The van der Waals surface area contributed by atoms with E-state index in [1.54, 1.807) is 26.2 Å². The van der Waals surface area contributed by atoms with E-state index in [-0.39, 0.29) is 11.2 Å². The normalized spacial score (nSPS) is 21.7. The maximum atomic E-state index is 12.0. The number of aromatic nitrogens is 1. The Bertz CT molecular complexity index is 607. The predicted molar refractivity (Wildman–Crippen MR) is 70.6 cm³/mol. The second-order valence-electron chi connectivity index (χ2n) is 4.81. The average Bonchev–Trinajstić information content (AvgIpc) is 2.89. The highest BCUT2D eigenvalue weighted by Gasteiger charge is 2.35. The topological polar surface area (TPSA) is 97.6 Å². The fraction of sp³-hybridized carbons (Fsp3) is 0.462. The quantitative estimate of drug-likeness (QED) is 0.828. The number of hydrogen-bond donors (Lipinski definition) is 2. The highest BCUT2D eigenvalue weighted by atomic mass is 16.5. The van der Waals surface area contributed by atoms with Gasteiger partial charge >= 0.3 is 5.97 Å². The average molecular weight is 280 g/mol. The van der Waals surface area contributed by atoms with Gasteiger partial charge in [0, 0.05) is 13.2 Å². The van der Waals surface area contributed by atoms with Crippen LogP contribution < -0.4 is 10.9 Å². The third-order valence-corrected chi connectivity index (χ3v) is 3.31. The summed E-state index contributed by atoms with van der Waals surface area (Å²) in [4.78, 5) is 34.7. The molecule has 2 heterocycles. The van der Waals surface area contributed by atoms with Crippen LogP contribution in [0.3, 0.4) is 0 Å². The molecule has 1 fully saturated rings. The number of ether oxygens (including phenoxy) is 1. The number of carbonyl (C=O) groups is 2. The standard InChI is InChI=1S/C13H16N2O5/c1-7-5-6-15(2)12(17)10(7)14-11(16)8-3-4-9(20-8)13(18)19/h5-6,8-9H,3-4H2,1-2H3,(H,14,16)(H,18,19)/t8-,9+/m0/s1. The molecule has 108 valence electrons. The summed E-state index contributed by atoms with van der Waals surface area (Å²) < 4.78 is 6.51. The van der Waals surface area contributed by atoms with E-state index in [4.69, 9.17) is 9.84 Å². The minimum Gasteiger partial charge on any atom is -0.479 e.